The van der Waals surface area contributed by atoms with Gasteiger partial charge in [0.2, 0.25) is 5.91 Å². The minimum atomic E-state index is -0.135. The van der Waals surface area contributed by atoms with Gasteiger partial charge in [-0.25, -0.2) is 9.97 Å². The molecule has 0 aliphatic carbocycles. The molecule has 0 spiro atoms. The fourth-order valence-corrected chi connectivity index (χ4v) is 4.27. The van der Waals surface area contributed by atoms with Gasteiger partial charge in [-0.05, 0) is 54.1 Å². The lowest BCUT2D eigenvalue weighted by Gasteiger charge is -2.28. The highest BCUT2D eigenvalue weighted by molar-refractivity contribution is 7.99. The molecule has 32 heavy (non-hydrogen) atoms. The molecule has 0 atom stereocenters. The summed E-state index contributed by atoms with van der Waals surface area (Å²) in [6, 6.07) is 18.3. The smallest absolute Gasteiger partial charge is 0.250 e. The Morgan fingerprint density at radius 2 is 1.84 bits per heavy atom. The van der Waals surface area contributed by atoms with E-state index in [4.69, 9.17) is 9.72 Å². The van der Waals surface area contributed by atoms with Crippen LogP contribution in [0.1, 0.15) is 11.4 Å². The van der Waals surface area contributed by atoms with Gasteiger partial charge in [-0.15, -0.1) is 0 Å². The van der Waals surface area contributed by atoms with Crippen LogP contribution in [0.25, 0.3) is 0 Å². The molecule has 1 saturated heterocycles. The topological polar surface area (TPSA) is 58.6 Å². The van der Waals surface area contributed by atoms with Crippen molar-refractivity contribution in [1.82, 2.24) is 9.97 Å². The number of morpholine rings is 1. The molecular weight excluding hydrogens is 420 g/mol. The Bertz CT molecular complexity index is 1060. The van der Waals surface area contributed by atoms with Gasteiger partial charge in [0.25, 0.3) is 0 Å². The maximum Gasteiger partial charge on any atom is 0.250 e. The first kappa shape index (κ1) is 22.0. The van der Waals surface area contributed by atoms with Crippen LogP contribution in [0.4, 0.5) is 11.4 Å². The zero-order valence-electron chi connectivity index (χ0n) is 18.1. The third-order valence-corrected chi connectivity index (χ3v) is 6.25. The van der Waals surface area contributed by atoms with Crippen LogP contribution in [-0.2, 0) is 16.0 Å². The summed E-state index contributed by atoms with van der Waals surface area (Å²) in [5.74, 6) is 0.658. The number of ether oxygens (including phenoxy) is 1. The molecule has 3 aromatic rings. The molecule has 1 aliphatic rings. The predicted octanol–water partition coefficient (Wildman–Crippen LogP) is 4.20. The van der Waals surface area contributed by atoms with Crippen LogP contribution in [0.3, 0.4) is 0 Å². The van der Waals surface area contributed by atoms with E-state index in [2.05, 4.69) is 40.7 Å². The number of aromatic nitrogens is 2. The second kappa shape index (κ2) is 10.4. The number of nitrogens with zero attached hydrogens (tertiary/aromatic N) is 4. The van der Waals surface area contributed by atoms with E-state index in [9.17, 15) is 4.79 Å². The van der Waals surface area contributed by atoms with E-state index in [1.54, 1.807) is 29.9 Å². The van der Waals surface area contributed by atoms with Crippen LogP contribution in [0, 0.1) is 0 Å². The van der Waals surface area contributed by atoms with Crippen molar-refractivity contribution in [2.75, 3.05) is 43.2 Å². The van der Waals surface area contributed by atoms with Crippen molar-refractivity contribution in [2.45, 2.75) is 16.3 Å². The lowest BCUT2D eigenvalue weighted by Crippen LogP contribution is -2.36. The molecule has 1 fully saturated rings. The van der Waals surface area contributed by atoms with E-state index in [1.165, 1.54) is 17.3 Å². The third kappa shape index (κ3) is 5.55. The number of anilines is 2. The molecule has 2 heterocycles. The van der Waals surface area contributed by atoms with Crippen molar-refractivity contribution in [1.29, 1.82) is 0 Å². The van der Waals surface area contributed by atoms with Gasteiger partial charge in [-0.1, -0.05) is 30.5 Å². The molecule has 1 aromatic heterocycles. The van der Waals surface area contributed by atoms with Gasteiger partial charge in [-0.2, -0.15) is 0 Å². The monoisotopic (exact) mass is 446 g/mol. The summed E-state index contributed by atoms with van der Waals surface area (Å²) in [4.78, 5) is 25.9. The summed E-state index contributed by atoms with van der Waals surface area (Å²) in [6.45, 7) is 6.96. The standard InChI is InChI=1S/C25H26N4O2S/c1-3-25(30)28(2)20-8-10-22(11-9-20)32-24-12-13-26-23(27-24)18-19-4-6-21(7-5-19)29-14-16-31-17-15-29/h3-13H,1,14-18H2,2H3. The predicted molar refractivity (Wildman–Crippen MR) is 128 cm³/mol. The first-order valence-corrected chi connectivity index (χ1v) is 11.4. The first-order valence-electron chi connectivity index (χ1n) is 10.5. The molecule has 0 N–H and O–H groups in total. The molecule has 0 saturated carbocycles. The fraction of sp³-hybridized carbons (Fsp3) is 0.240. The molecule has 7 heteroatoms. The highest BCUT2D eigenvalue weighted by atomic mass is 32.2. The van der Waals surface area contributed by atoms with Crippen LogP contribution < -0.4 is 9.80 Å². The molecule has 1 aliphatic heterocycles. The molecule has 0 radical (unpaired) electrons. The molecule has 164 valence electrons. The minimum absolute atomic E-state index is 0.135. The van der Waals surface area contributed by atoms with Gasteiger partial charge >= 0.3 is 0 Å². The van der Waals surface area contributed by atoms with Crippen molar-refractivity contribution >= 4 is 29.0 Å². The zero-order valence-corrected chi connectivity index (χ0v) is 18.9. The number of hydrogen-bond donors (Lipinski definition) is 0. The average Bonchev–Trinajstić information content (AvgIpc) is 2.85. The number of carbonyl (C=O) groups excluding carboxylic acids is 1. The Morgan fingerprint density at radius 1 is 1.12 bits per heavy atom. The quantitative estimate of drug-likeness (QED) is 0.400. The number of rotatable bonds is 7. The fourth-order valence-electron chi connectivity index (χ4n) is 3.47. The summed E-state index contributed by atoms with van der Waals surface area (Å²) < 4.78 is 5.43. The van der Waals surface area contributed by atoms with Gasteiger partial charge in [0.1, 0.15) is 10.9 Å². The van der Waals surface area contributed by atoms with Gasteiger partial charge in [0, 0.05) is 49.0 Å². The maximum absolute atomic E-state index is 11.8. The SMILES string of the molecule is C=CC(=O)N(C)c1ccc(Sc2ccnc(Cc3ccc(N4CCOCC4)cc3)n2)cc1. The summed E-state index contributed by atoms with van der Waals surface area (Å²) in [7, 11) is 1.73. The Labute approximate surface area is 192 Å². The largest absolute Gasteiger partial charge is 0.378 e. The normalized spacial score (nSPS) is 13.6. The Hall–Kier alpha value is -3.16. The molecule has 1 amide bonds. The van der Waals surface area contributed by atoms with Gasteiger partial charge in [0.15, 0.2) is 0 Å². The number of hydrogen-bond acceptors (Lipinski definition) is 6. The van der Waals surface area contributed by atoms with E-state index in [1.807, 2.05) is 30.3 Å². The highest BCUT2D eigenvalue weighted by Gasteiger charge is 2.11. The van der Waals surface area contributed by atoms with Crippen LogP contribution in [0.2, 0.25) is 0 Å². The van der Waals surface area contributed by atoms with E-state index >= 15 is 0 Å². The highest BCUT2D eigenvalue weighted by Crippen LogP contribution is 2.28. The molecule has 6 nitrogen and oxygen atoms in total. The molecule has 0 bridgehead atoms. The van der Waals surface area contributed by atoms with E-state index < -0.39 is 0 Å². The second-order valence-electron chi connectivity index (χ2n) is 7.45. The van der Waals surface area contributed by atoms with Gasteiger partial charge in [0.05, 0.1) is 13.2 Å². The molecular formula is C25H26N4O2S. The summed E-state index contributed by atoms with van der Waals surface area (Å²) in [6.07, 6.45) is 3.80. The Kier molecular flexibility index (Phi) is 7.19. The Balaban J connectivity index is 1.39. The second-order valence-corrected chi connectivity index (χ2v) is 8.54. The minimum Gasteiger partial charge on any atom is -0.378 e. The summed E-state index contributed by atoms with van der Waals surface area (Å²) >= 11 is 1.57. The lowest BCUT2D eigenvalue weighted by molar-refractivity contribution is -0.113. The summed E-state index contributed by atoms with van der Waals surface area (Å²) in [5, 5.41) is 0.892. The van der Waals surface area contributed by atoms with Crippen molar-refractivity contribution < 1.29 is 9.53 Å². The number of benzene rings is 2. The first-order chi connectivity index (χ1) is 15.6. The van der Waals surface area contributed by atoms with Crippen LogP contribution >= 0.6 is 11.8 Å². The van der Waals surface area contributed by atoms with Crippen molar-refractivity contribution in [3.63, 3.8) is 0 Å². The van der Waals surface area contributed by atoms with Crippen molar-refractivity contribution in [2.24, 2.45) is 0 Å². The molecule has 0 unspecified atom stereocenters. The zero-order chi connectivity index (χ0) is 22.3. The van der Waals surface area contributed by atoms with E-state index in [0.29, 0.717) is 6.42 Å². The number of likely N-dealkylation sites (N-methyl/N-ethyl adjacent to an activating group) is 1. The van der Waals surface area contributed by atoms with E-state index in [0.717, 1.165) is 47.7 Å². The third-order valence-electron chi connectivity index (χ3n) is 5.31. The van der Waals surface area contributed by atoms with E-state index in [-0.39, 0.29) is 5.91 Å². The van der Waals surface area contributed by atoms with Crippen LogP contribution in [0.5, 0.6) is 0 Å². The molecule has 2 aromatic carbocycles. The number of carbonyl (C=O) groups is 1. The molecule has 4 rings (SSSR count). The lowest BCUT2D eigenvalue weighted by atomic mass is 10.1. The Morgan fingerprint density at radius 3 is 2.53 bits per heavy atom. The van der Waals surface area contributed by atoms with Gasteiger partial charge in [-0.3, -0.25) is 4.79 Å². The average molecular weight is 447 g/mol. The van der Waals surface area contributed by atoms with Crippen LogP contribution in [0.15, 0.2) is 83.4 Å². The van der Waals surface area contributed by atoms with Crippen LogP contribution in [-0.4, -0.2) is 49.2 Å². The van der Waals surface area contributed by atoms with Crippen molar-refractivity contribution in [3.8, 4) is 0 Å². The maximum atomic E-state index is 11.8. The van der Waals surface area contributed by atoms with Crippen molar-refractivity contribution in [3.05, 3.63) is 84.8 Å². The van der Waals surface area contributed by atoms with Gasteiger partial charge < -0.3 is 14.5 Å². The summed E-state index contributed by atoms with van der Waals surface area (Å²) in [5.41, 5.74) is 3.23. The number of amides is 1.